The summed E-state index contributed by atoms with van der Waals surface area (Å²) in [5.74, 6) is -2.02. The molecular formula is C30H40O11Si. The summed E-state index contributed by atoms with van der Waals surface area (Å²) >= 11 is 0. The van der Waals surface area contributed by atoms with Gasteiger partial charge in [0.2, 0.25) is 12.4 Å². The number of esters is 4. The van der Waals surface area contributed by atoms with Crippen LogP contribution in [0.5, 0.6) is 11.5 Å². The number of benzene rings is 2. The molecule has 1 heterocycles. The van der Waals surface area contributed by atoms with Gasteiger partial charge >= 0.3 is 23.9 Å². The zero-order chi connectivity index (χ0) is 31.4. The molecule has 1 aliphatic rings. The Bertz CT molecular complexity index is 1320. The Morgan fingerprint density at radius 2 is 1.26 bits per heavy atom. The average molecular weight is 605 g/mol. The van der Waals surface area contributed by atoms with E-state index in [9.17, 15) is 19.2 Å². The minimum absolute atomic E-state index is 0.135. The molecule has 230 valence electrons. The summed E-state index contributed by atoms with van der Waals surface area (Å²) in [5, 5.41) is 1.63. The monoisotopic (exact) mass is 604 g/mol. The predicted octanol–water partition coefficient (Wildman–Crippen LogP) is 4.69. The molecule has 3 rings (SSSR count). The minimum atomic E-state index is -2.37. The molecule has 0 N–H and O–H groups in total. The van der Waals surface area contributed by atoms with Gasteiger partial charge in [0.25, 0.3) is 8.32 Å². The first-order chi connectivity index (χ1) is 19.5. The van der Waals surface area contributed by atoms with E-state index in [4.69, 9.17) is 32.8 Å². The van der Waals surface area contributed by atoms with Gasteiger partial charge in [-0.15, -0.1) is 0 Å². The van der Waals surface area contributed by atoms with Gasteiger partial charge in [0.1, 0.15) is 18.5 Å². The van der Waals surface area contributed by atoms with E-state index in [1.165, 1.54) is 13.8 Å². The van der Waals surface area contributed by atoms with Crippen molar-refractivity contribution in [2.45, 2.75) is 97.3 Å². The number of rotatable bonds is 9. The van der Waals surface area contributed by atoms with Gasteiger partial charge in [0.15, 0.2) is 18.0 Å². The maximum Gasteiger partial charge on any atom is 0.303 e. The number of fused-ring (bicyclic) bond motifs is 1. The van der Waals surface area contributed by atoms with Gasteiger partial charge in [-0.2, -0.15) is 0 Å². The van der Waals surface area contributed by atoms with Gasteiger partial charge in [0, 0.05) is 27.7 Å². The molecule has 2 aromatic rings. The van der Waals surface area contributed by atoms with Crippen molar-refractivity contribution in [3.8, 4) is 11.5 Å². The Balaban J connectivity index is 2.14. The van der Waals surface area contributed by atoms with Crippen LogP contribution in [0.2, 0.25) is 18.1 Å². The molecule has 0 amide bonds. The van der Waals surface area contributed by atoms with Crippen LogP contribution in [0.1, 0.15) is 48.5 Å². The molecule has 0 radical (unpaired) electrons. The summed E-state index contributed by atoms with van der Waals surface area (Å²) in [6, 6.07) is 11.3. The maximum atomic E-state index is 12.2. The lowest BCUT2D eigenvalue weighted by molar-refractivity contribution is -0.288. The summed E-state index contributed by atoms with van der Waals surface area (Å²) in [5.41, 5.74) is 0. The second kappa shape index (κ2) is 13.1. The molecule has 0 unspecified atom stereocenters. The molecule has 0 aliphatic carbocycles. The average Bonchev–Trinajstić information content (AvgIpc) is 2.85. The van der Waals surface area contributed by atoms with Crippen LogP contribution in [-0.4, -0.2) is 69.5 Å². The Morgan fingerprint density at radius 1 is 0.762 bits per heavy atom. The number of hydrogen-bond donors (Lipinski definition) is 0. The summed E-state index contributed by atoms with van der Waals surface area (Å²) in [6.07, 6.45) is -6.51. The van der Waals surface area contributed by atoms with E-state index in [2.05, 4.69) is 33.9 Å². The van der Waals surface area contributed by atoms with Crippen molar-refractivity contribution in [2.24, 2.45) is 0 Å². The molecule has 0 aromatic heterocycles. The van der Waals surface area contributed by atoms with E-state index in [1.807, 2.05) is 30.3 Å². The van der Waals surface area contributed by atoms with Crippen molar-refractivity contribution in [1.82, 2.24) is 0 Å². The van der Waals surface area contributed by atoms with Gasteiger partial charge in [-0.1, -0.05) is 45.0 Å². The fraction of sp³-hybridized carbons (Fsp3) is 0.533. The fourth-order valence-corrected chi connectivity index (χ4v) is 5.22. The van der Waals surface area contributed by atoms with Crippen LogP contribution in [0.4, 0.5) is 0 Å². The molecular weight excluding hydrogens is 564 g/mol. The normalized spacial score (nSPS) is 22.5. The third-order valence-electron chi connectivity index (χ3n) is 7.17. The molecule has 11 nitrogen and oxygen atoms in total. The third-order valence-corrected chi connectivity index (χ3v) is 11.5. The number of carbonyl (C=O) groups excluding carboxylic acids is 4. The van der Waals surface area contributed by atoms with E-state index >= 15 is 0 Å². The molecule has 0 spiro atoms. The highest BCUT2D eigenvalue weighted by Crippen LogP contribution is 2.42. The van der Waals surface area contributed by atoms with Crippen LogP contribution in [-0.2, 0) is 42.9 Å². The van der Waals surface area contributed by atoms with Crippen molar-refractivity contribution in [3.63, 3.8) is 0 Å². The SMILES string of the molecule is CC(=O)OC[C@H]1O[C@@H](Oc2cc3ccccc3cc2O[Si](C)(C)C(C)(C)C)[C@H](OC(C)=O)[C@@H](OC(C)=O)[C@H]1OC(C)=O. The Labute approximate surface area is 246 Å². The Kier molecular flexibility index (Phi) is 10.3. The first-order valence-corrected chi connectivity index (χ1v) is 16.6. The zero-order valence-electron chi connectivity index (χ0n) is 25.5. The van der Waals surface area contributed by atoms with Crippen LogP contribution < -0.4 is 9.16 Å². The second-order valence-corrected chi connectivity index (χ2v) is 16.4. The molecule has 1 aliphatic heterocycles. The lowest BCUT2D eigenvalue weighted by Crippen LogP contribution is -2.63. The van der Waals surface area contributed by atoms with Crippen molar-refractivity contribution >= 4 is 43.0 Å². The molecule has 0 saturated carbocycles. The highest BCUT2D eigenvalue weighted by Gasteiger charge is 2.53. The van der Waals surface area contributed by atoms with Crippen LogP contribution in [0, 0.1) is 0 Å². The zero-order valence-corrected chi connectivity index (χ0v) is 26.5. The first-order valence-electron chi connectivity index (χ1n) is 13.7. The Hall–Kier alpha value is -3.64. The van der Waals surface area contributed by atoms with E-state index < -0.39 is 62.9 Å². The van der Waals surface area contributed by atoms with Crippen LogP contribution >= 0.6 is 0 Å². The topological polar surface area (TPSA) is 133 Å². The van der Waals surface area contributed by atoms with Gasteiger partial charge in [0.05, 0.1) is 0 Å². The number of carbonyl (C=O) groups is 4. The van der Waals surface area contributed by atoms with Crippen molar-refractivity contribution in [2.75, 3.05) is 6.61 Å². The highest BCUT2D eigenvalue weighted by molar-refractivity contribution is 6.74. The Morgan fingerprint density at radius 3 is 1.76 bits per heavy atom. The van der Waals surface area contributed by atoms with Gasteiger partial charge < -0.3 is 32.8 Å². The van der Waals surface area contributed by atoms with E-state index in [1.54, 1.807) is 6.07 Å². The molecule has 1 saturated heterocycles. The van der Waals surface area contributed by atoms with Crippen molar-refractivity contribution < 1.29 is 52.0 Å². The quantitative estimate of drug-likeness (QED) is 0.224. The highest BCUT2D eigenvalue weighted by atomic mass is 28.4. The standard InChI is InChI=1S/C30H40O11Si/c1-17(31)35-16-25-26(36-18(2)32)27(37-19(3)33)28(38-20(4)34)29(40-25)39-23-14-21-12-10-11-13-22(21)15-24(23)41-42(8,9)30(5,6)7/h10-15,25-29H,16H2,1-9H3/t25-,26+,27+,28-,29-/m1/s1. The van der Waals surface area contributed by atoms with Gasteiger partial charge in [-0.05, 0) is 41.0 Å². The smallest absolute Gasteiger partial charge is 0.303 e. The van der Waals surface area contributed by atoms with Crippen LogP contribution in [0.15, 0.2) is 36.4 Å². The van der Waals surface area contributed by atoms with Crippen LogP contribution in [0.3, 0.4) is 0 Å². The fourth-order valence-electron chi connectivity index (χ4n) is 4.21. The van der Waals surface area contributed by atoms with Crippen molar-refractivity contribution in [1.29, 1.82) is 0 Å². The minimum Gasteiger partial charge on any atom is -0.541 e. The lowest BCUT2D eigenvalue weighted by Gasteiger charge is -2.44. The second-order valence-electron chi connectivity index (χ2n) is 11.7. The number of ether oxygens (including phenoxy) is 6. The van der Waals surface area contributed by atoms with Gasteiger partial charge in [-0.25, -0.2) is 0 Å². The maximum absolute atomic E-state index is 12.2. The van der Waals surface area contributed by atoms with E-state index in [0.717, 1.165) is 24.6 Å². The molecule has 42 heavy (non-hydrogen) atoms. The van der Waals surface area contributed by atoms with Crippen LogP contribution in [0.25, 0.3) is 10.8 Å². The molecule has 2 aromatic carbocycles. The molecule has 0 bridgehead atoms. The van der Waals surface area contributed by atoms with Gasteiger partial charge in [-0.3, -0.25) is 19.2 Å². The summed E-state index contributed by atoms with van der Waals surface area (Å²) in [7, 11) is -2.37. The molecule has 1 fully saturated rings. The summed E-state index contributed by atoms with van der Waals surface area (Å²) < 4.78 is 40.9. The van der Waals surface area contributed by atoms with Crippen molar-refractivity contribution in [3.05, 3.63) is 36.4 Å². The molecule has 5 atom stereocenters. The summed E-state index contributed by atoms with van der Waals surface area (Å²) in [4.78, 5) is 48.1. The predicted molar refractivity (Wildman–Crippen MR) is 154 cm³/mol. The molecule has 12 heteroatoms. The number of hydrogen-bond acceptors (Lipinski definition) is 11. The van der Waals surface area contributed by atoms with E-state index in [-0.39, 0.29) is 11.6 Å². The van der Waals surface area contributed by atoms with E-state index in [0.29, 0.717) is 11.5 Å². The summed E-state index contributed by atoms with van der Waals surface area (Å²) in [6.45, 7) is 14.9. The third kappa shape index (κ3) is 8.22. The lowest BCUT2D eigenvalue weighted by atomic mass is 9.98. The largest absolute Gasteiger partial charge is 0.541 e. The first kappa shape index (κ1) is 32.9.